The number of rotatable bonds is 5. The minimum absolute atomic E-state index is 0.0728. The van der Waals surface area contributed by atoms with E-state index in [1.165, 1.54) is 24.2 Å². The quantitative estimate of drug-likeness (QED) is 0.920. The maximum Gasteiger partial charge on any atom is 0.266 e. The third-order valence-electron chi connectivity index (χ3n) is 3.99. The fraction of sp³-hybridized carbons (Fsp3) is 0.500. The van der Waals surface area contributed by atoms with Crippen molar-refractivity contribution in [2.24, 2.45) is 5.92 Å². The van der Waals surface area contributed by atoms with Gasteiger partial charge in [0.2, 0.25) is 0 Å². The Hall–Kier alpha value is -1.62. The van der Waals surface area contributed by atoms with Gasteiger partial charge in [-0.3, -0.25) is 4.79 Å². The lowest BCUT2D eigenvalue weighted by Gasteiger charge is -2.21. The highest BCUT2D eigenvalue weighted by atomic mass is 32.1. The molecule has 0 atom stereocenters. The zero-order chi connectivity index (χ0) is 15.0. The Kier molecular flexibility index (Phi) is 3.85. The molecule has 0 saturated heterocycles. The summed E-state index contributed by atoms with van der Waals surface area (Å²) >= 11 is 1.42. The first-order valence-electron chi connectivity index (χ1n) is 7.54. The number of amides is 1. The number of pyridine rings is 1. The summed E-state index contributed by atoms with van der Waals surface area (Å²) < 4.78 is 0. The third kappa shape index (κ3) is 2.75. The topological polar surface area (TPSA) is 59.2 Å². The highest BCUT2D eigenvalue weighted by Gasteiger charge is 2.29. The summed E-state index contributed by atoms with van der Waals surface area (Å²) in [7, 11) is 0. The van der Waals surface area contributed by atoms with Gasteiger partial charge in [-0.25, -0.2) is 4.98 Å². The number of carbonyl (C=O) groups excluding carboxylic acids is 1. The fourth-order valence-corrected chi connectivity index (χ4v) is 3.77. The number of nitrogens with two attached hydrogens (primary N) is 1. The molecule has 21 heavy (non-hydrogen) atoms. The van der Waals surface area contributed by atoms with Crippen molar-refractivity contribution >= 4 is 33.1 Å². The number of fused-ring (bicyclic) bond motifs is 1. The van der Waals surface area contributed by atoms with Crippen molar-refractivity contribution in [1.29, 1.82) is 0 Å². The SMILES string of the molecule is CCCN(CC1CC1)C(=O)c1sc2nccc(C)c2c1N. The minimum Gasteiger partial charge on any atom is -0.397 e. The zero-order valence-electron chi connectivity index (χ0n) is 12.6. The van der Waals surface area contributed by atoms with E-state index in [1.807, 2.05) is 17.9 Å². The molecule has 112 valence electrons. The number of thiophene rings is 1. The Morgan fingerprint density at radius 2 is 2.29 bits per heavy atom. The number of aromatic nitrogens is 1. The highest BCUT2D eigenvalue weighted by molar-refractivity contribution is 7.21. The standard InChI is InChI=1S/C16H21N3OS/c1-3-8-19(9-11-4-5-11)16(20)14-13(17)12-10(2)6-7-18-15(12)21-14/h6-7,11H,3-5,8-9,17H2,1-2H3. The van der Waals surface area contributed by atoms with Crippen molar-refractivity contribution in [3.63, 3.8) is 0 Å². The highest BCUT2D eigenvalue weighted by Crippen LogP contribution is 2.36. The van der Waals surface area contributed by atoms with Crippen molar-refractivity contribution in [2.45, 2.75) is 33.1 Å². The first-order valence-corrected chi connectivity index (χ1v) is 8.36. The van der Waals surface area contributed by atoms with Crippen LogP contribution >= 0.6 is 11.3 Å². The molecule has 1 saturated carbocycles. The van der Waals surface area contributed by atoms with E-state index < -0.39 is 0 Å². The second-order valence-corrected chi connectivity index (χ2v) is 6.85. The maximum absolute atomic E-state index is 12.8. The Balaban J connectivity index is 1.95. The normalized spacial score (nSPS) is 14.6. The monoisotopic (exact) mass is 303 g/mol. The van der Waals surface area contributed by atoms with Crippen LogP contribution in [0.2, 0.25) is 0 Å². The molecule has 0 spiro atoms. The van der Waals surface area contributed by atoms with Gasteiger partial charge in [-0.2, -0.15) is 0 Å². The van der Waals surface area contributed by atoms with E-state index in [1.54, 1.807) is 6.20 Å². The average molecular weight is 303 g/mol. The predicted octanol–water partition coefficient (Wildman–Crippen LogP) is 3.45. The molecule has 2 aromatic heterocycles. The number of aryl methyl sites for hydroxylation is 1. The second-order valence-electron chi connectivity index (χ2n) is 5.85. The molecule has 3 rings (SSSR count). The Bertz CT molecular complexity index is 675. The number of hydrogen-bond acceptors (Lipinski definition) is 4. The minimum atomic E-state index is 0.0728. The molecular formula is C16H21N3OS. The van der Waals surface area contributed by atoms with E-state index in [2.05, 4.69) is 11.9 Å². The molecule has 5 heteroatoms. The van der Waals surface area contributed by atoms with Gasteiger partial charge in [0.05, 0.1) is 5.69 Å². The molecule has 2 heterocycles. The Morgan fingerprint density at radius 1 is 1.52 bits per heavy atom. The molecule has 2 N–H and O–H groups in total. The largest absolute Gasteiger partial charge is 0.397 e. The third-order valence-corrected chi connectivity index (χ3v) is 5.09. The Morgan fingerprint density at radius 3 is 2.90 bits per heavy atom. The van der Waals surface area contributed by atoms with Crippen molar-refractivity contribution < 1.29 is 4.79 Å². The molecule has 1 aliphatic carbocycles. The van der Waals surface area contributed by atoms with Crippen LogP contribution in [0, 0.1) is 12.8 Å². The van der Waals surface area contributed by atoms with Crippen molar-refractivity contribution in [3.05, 3.63) is 22.7 Å². The molecule has 1 fully saturated rings. The predicted molar refractivity (Wildman–Crippen MR) is 87.7 cm³/mol. The molecule has 0 aliphatic heterocycles. The Labute approximate surface area is 129 Å². The van der Waals surface area contributed by atoms with Crippen LogP contribution in [0.5, 0.6) is 0 Å². The van der Waals surface area contributed by atoms with Gasteiger partial charge in [-0.05, 0) is 43.7 Å². The van der Waals surface area contributed by atoms with Crippen molar-refractivity contribution in [1.82, 2.24) is 9.88 Å². The van der Waals surface area contributed by atoms with Gasteiger partial charge in [-0.15, -0.1) is 11.3 Å². The number of hydrogen-bond donors (Lipinski definition) is 1. The summed E-state index contributed by atoms with van der Waals surface area (Å²) in [6.45, 7) is 5.78. The zero-order valence-corrected chi connectivity index (χ0v) is 13.4. The molecule has 0 radical (unpaired) electrons. The first-order chi connectivity index (χ1) is 10.1. The summed E-state index contributed by atoms with van der Waals surface area (Å²) in [5.74, 6) is 0.764. The summed E-state index contributed by atoms with van der Waals surface area (Å²) in [6.07, 6.45) is 5.24. The van der Waals surface area contributed by atoms with E-state index in [0.717, 1.165) is 35.3 Å². The summed E-state index contributed by atoms with van der Waals surface area (Å²) in [5, 5.41) is 0.939. The number of carbonyl (C=O) groups is 1. The lowest BCUT2D eigenvalue weighted by molar-refractivity contribution is 0.0753. The molecule has 0 bridgehead atoms. The molecule has 4 nitrogen and oxygen atoms in total. The van der Waals surface area contributed by atoms with Crippen LogP contribution in [0.4, 0.5) is 5.69 Å². The maximum atomic E-state index is 12.8. The van der Waals surface area contributed by atoms with E-state index >= 15 is 0 Å². The average Bonchev–Trinajstić information content (AvgIpc) is 3.21. The fourth-order valence-electron chi connectivity index (χ4n) is 2.66. The van der Waals surface area contributed by atoms with Crippen LogP contribution in [0.25, 0.3) is 10.2 Å². The number of nitrogens with zero attached hydrogens (tertiary/aromatic N) is 2. The first kappa shape index (κ1) is 14.3. The number of nitrogen functional groups attached to an aromatic ring is 1. The molecule has 1 aliphatic rings. The van der Waals surface area contributed by atoms with Crippen LogP contribution in [-0.4, -0.2) is 28.9 Å². The van der Waals surface area contributed by atoms with Gasteiger partial charge in [0.15, 0.2) is 0 Å². The van der Waals surface area contributed by atoms with Crippen LogP contribution < -0.4 is 5.73 Å². The summed E-state index contributed by atoms with van der Waals surface area (Å²) in [6, 6.07) is 1.94. The summed E-state index contributed by atoms with van der Waals surface area (Å²) in [5.41, 5.74) is 7.92. The second kappa shape index (κ2) is 5.64. The summed E-state index contributed by atoms with van der Waals surface area (Å²) in [4.78, 5) is 20.7. The van der Waals surface area contributed by atoms with Crippen LogP contribution in [0.3, 0.4) is 0 Å². The van der Waals surface area contributed by atoms with Gasteiger partial charge < -0.3 is 10.6 Å². The van der Waals surface area contributed by atoms with Gasteiger partial charge in [0.1, 0.15) is 9.71 Å². The van der Waals surface area contributed by atoms with Crippen LogP contribution in [0.1, 0.15) is 41.4 Å². The van der Waals surface area contributed by atoms with Gasteiger partial charge >= 0.3 is 0 Å². The molecule has 2 aromatic rings. The van der Waals surface area contributed by atoms with E-state index in [0.29, 0.717) is 16.5 Å². The lowest BCUT2D eigenvalue weighted by atomic mass is 10.1. The van der Waals surface area contributed by atoms with Gasteiger partial charge in [-0.1, -0.05) is 6.92 Å². The van der Waals surface area contributed by atoms with E-state index in [4.69, 9.17) is 5.73 Å². The molecule has 1 amide bonds. The van der Waals surface area contributed by atoms with Crippen molar-refractivity contribution in [2.75, 3.05) is 18.8 Å². The van der Waals surface area contributed by atoms with Gasteiger partial charge in [0, 0.05) is 24.7 Å². The smallest absolute Gasteiger partial charge is 0.266 e. The van der Waals surface area contributed by atoms with Gasteiger partial charge in [0.25, 0.3) is 5.91 Å². The lowest BCUT2D eigenvalue weighted by Crippen LogP contribution is -2.33. The van der Waals surface area contributed by atoms with E-state index in [9.17, 15) is 4.79 Å². The van der Waals surface area contributed by atoms with Crippen molar-refractivity contribution in [3.8, 4) is 0 Å². The van der Waals surface area contributed by atoms with E-state index in [-0.39, 0.29) is 5.91 Å². The molecule has 0 unspecified atom stereocenters. The van der Waals surface area contributed by atoms with Crippen LogP contribution in [0.15, 0.2) is 12.3 Å². The molecule has 0 aromatic carbocycles. The van der Waals surface area contributed by atoms with Crippen LogP contribution in [-0.2, 0) is 0 Å². The molecular weight excluding hydrogens is 282 g/mol. The number of anilines is 1.